The van der Waals surface area contributed by atoms with Crippen molar-refractivity contribution in [1.29, 1.82) is 0 Å². The molecule has 0 radical (unpaired) electrons. The zero-order valence-corrected chi connectivity index (χ0v) is 12.4. The first kappa shape index (κ1) is 14.8. The van der Waals surface area contributed by atoms with Crippen molar-refractivity contribution >= 4 is 35.0 Å². The van der Waals surface area contributed by atoms with Crippen LogP contribution in [0.5, 0.6) is 0 Å². The number of aryl methyl sites for hydroxylation is 1. The molecule has 1 atom stereocenters. The Morgan fingerprint density at radius 1 is 1.55 bits per heavy atom. The van der Waals surface area contributed by atoms with E-state index in [-0.39, 0.29) is 16.6 Å². The van der Waals surface area contributed by atoms with Gasteiger partial charge in [0.25, 0.3) is 0 Å². The molecule has 1 heterocycles. The van der Waals surface area contributed by atoms with Gasteiger partial charge in [0, 0.05) is 12.1 Å². The van der Waals surface area contributed by atoms with E-state index in [9.17, 15) is 9.18 Å². The molecule has 1 aromatic carbocycles. The smallest absolute Gasteiger partial charge is 0.237 e. The summed E-state index contributed by atoms with van der Waals surface area (Å²) in [4.78, 5) is 12.0. The van der Waals surface area contributed by atoms with Crippen LogP contribution >= 0.6 is 23.4 Å². The van der Waals surface area contributed by atoms with Crippen molar-refractivity contribution in [3.8, 4) is 0 Å². The summed E-state index contributed by atoms with van der Waals surface area (Å²) in [5.74, 6) is -0.888. The zero-order chi connectivity index (χ0) is 14.7. The van der Waals surface area contributed by atoms with Crippen molar-refractivity contribution in [2.75, 3.05) is 5.32 Å². The van der Waals surface area contributed by atoms with Crippen molar-refractivity contribution in [3.63, 3.8) is 0 Å². The summed E-state index contributed by atoms with van der Waals surface area (Å²) in [6.45, 7) is 1.71. The molecule has 1 aromatic heterocycles. The summed E-state index contributed by atoms with van der Waals surface area (Å²) in [7, 11) is 1.78. The predicted octanol–water partition coefficient (Wildman–Crippen LogP) is 2.73. The first-order valence-electron chi connectivity index (χ1n) is 5.74. The van der Waals surface area contributed by atoms with E-state index >= 15 is 0 Å². The molecule has 0 aliphatic rings. The topological polar surface area (TPSA) is 59.8 Å². The number of carbonyl (C=O) groups excluding carboxylic acids is 1. The molecule has 106 valence electrons. The monoisotopic (exact) mass is 314 g/mol. The highest BCUT2D eigenvalue weighted by atomic mass is 35.5. The normalized spacial score (nSPS) is 12.2. The molecule has 1 N–H and O–H groups in total. The highest BCUT2D eigenvalue weighted by Gasteiger charge is 2.18. The van der Waals surface area contributed by atoms with Crippen molar-refractivity contribution in [2.24, 2.45) is 7.05 Å². The van der Waals surface area contributed by atoms with Crippen molar-refractivity contribution in [2.45, 2.75) is 17.3 Å². The largest absolute Gasteiger partial charge is 0.323 e. The number of rotatable bonds is 4. The van der Waals surface area contributed by atoms with Gasteiger partial charge < -0.3 is 9.88 Å². The molecule has 0 saturated heterocycles. The van der Waals surface area contributed by atoms with Gasteiger partial charge in [0.05, 0.1) is 10.9 Å². The van der Waals surface area contributed by atoms with E-state index in [2.05, 4.69) is 15.5 Å². The van der Waals surface area contributed by atoms with Crippen LogP contribution in [0.25, 0.3) is 0 Å². The number of halogens is 2. The van der Waals surface area contributed by atoms with Crippen molar-refractivity contribution in [3.05, 3.63) is 35.4 Å². The second-order valence-corrected chi connectivity index (χ2v) is 5.84. The Morgan fingerprint density at radius 3 is 2.90 bits per heavy atom. The molecule has 20 heavy (non-hydrogen) atoms. The summed E-state index contributed by atoms with van der Waals surface area (Å²) in [5, 5.41) is 10.6. The molecule has 0 saturated carbocycles. The molecule has 8 heteroatoms. The van der Waals surface area contributed by atoms with Crippen LogP contribution in [0.1, 0.15) is 6.92 Å². The number of nitrogens with one attached hydrogen (secondary N) is 1. The maximum Gasteiger partial charge on any atom is 0.237 e. The van der Waals surface area contributed by atoms with E-state index in [0.29, 0.717) is 5.16 Å². The molecule has 1 amide bonds. The number of anilines is 1. The Balaban J connectivity index is 2.02. The van der Waals surface area contributed by atoms with Gasteiger partial charge in [0.2, 0.25) is 5.91 Å². The van der Waals surface area contributed by atoms with Gasteiger partial charge in [-0.25, -0.2) is 4.39 Å². The summed E-state index contributed by atoms with van der Waals surface area (Å²) >= 11 is 6.90. The second kappa shape index (κ2) is 6.23. The van der Waals surface area contributed by atoms with Crippen LogP contribution in [0.15, 0.2) is 29.7 Å². The fraction of sp³-hybridized carbons (Fsp3) is 0.250. The first-order chi connectivity index (χ1) is 9.47. The van der Waals surface area contributed by atoms with E-state index in [1.165, 1.54) is 23.9 Å². The van der Waals surface area contributed by atoms with E-state index < -0.39 is 11.1 Å². The maximum absolute atomic E-state index is 13.6. The number of aromatic nitrogens is 3. The van der Waals surface area contributed by atoms with Crippen LogP contribution in [0.2, 0.25) is 5.02 Å². The molecule has 2 aromatic rings. The van der Waals surface area contributed by atoms with Crippen LogP contribution < -0.4 is 5.32 Å². The summed E-state index contributed by atoms with van der Waals surface area (Å²) in [5.41, 5.74) is 0.102. The Bertz CT molecular complexity index is 634. The highest BCUT2D eigenvalue weighted by molar-refractivity contribution is 8.00. The van der Waals surface area contributed by atoms with Crippen LogP contribution in [0, 0.1) is 5.82 Å². The van der Waals surface area contributed by atoms with E-state index in [1.54, 1.807) is 24.9 Å². The minimum Gasteiger partial charge on any atom is -0.323 e. The van der Waals surface area contributed by atoms with Gasteiger partial charge in [-0.05, 0) is 25.1 Å². The second-order valence-electron chi connectivity index (χ2n) is 4.10. The van der Waals surface area contributed by atoms with Gasteiger partial charge in [0.1, 0.15) is 12.1 Å². The maximum atomic E-state index is 13.6. The first-order valence-corrected chi connectivity index (χ1v) is 6.99. The summed E-state index contributed by atoms with van der Waals surface area (Å²) in [6.07, 6.45) is 1.55. The third-order valence-corrected chi connectivity index (χ3v) is 3.89. The third-order valence-electron chi connectivity index (χ3n) is 2.51. The zero-order valence-electron chi connectivity index (χ0n) is 10.8. The lowest BCUT2D eigenvalue weighted by Gasteiger charge is -2.11. The van der Waals surface area contributed by atoms with E-state index in [1.807, 2.05) is 0 Å². The fourth-order valence-corrected chi connectivity index (χ4v) is 2.36. The minimum atomic E-state index is -0.568. The number of nitrogens with zero attached hydrogens (tertiary/aromatic N) is 3. The third kappa shape index (κ3) is 3.49. The summed E-state index contributed by atoms with van der Waals surface area (Å²) in [6, 6.07) is 4.09. The molecule has 0 aliphatic carbocycles. The number of amides is 1. The van der Waals surface area contributed by atoms with Gasteiger partial charge in [-0.3, -0.25) is 4.79 Å². The van der Waals surface area contributed by atoms with Gasteiger partial charge in [-0.15, -0.1) is 10.2 Å². The Labute approximate surface area is 124 Å². The highest BCUT2D eigenvalue weighted by Crippen LogP contribution is 2.23. The van der Waals surface area contributed by atoms with Gasteiger partial charge >= 0.3 is 0 Å². The van der Waals surface area contributed by atoms with Crippen LogP contribution in [-0.4, -0.2) is 25.9 Å². The lowest BCUT2D eigenvalue weighted by molar-refractivity contribution is -0.115. The fourth-order valence-electron chi connectivity index (χ4n) is 1.42. The van der Waals surface area contributed by atoms with Crippen molar-refractivity contribution < 1.29 is 9.18 Å². The molecule has 0 bridgehead atoms. The van der Waals surface area contributed by atoms with Gasteiger partial charge in [0.15, 0.2) is 5.16 Å². The molecule has 2 rings (SSSR count). The van der Waals surface area contributed by atoms with Crippen molar-refractivity contribution in [1.82, 2.24) is 14.8 Å². The lowest BCUT2D eigenvalue weighted by atomic mass is 10.3. The van der Waals surface area contributed by atoms with E-state index in [0.717, 1.165) is 6.07 Å². The van der Waals surface area contributed by atoms with E-state index in [4.69, 9.17) is 11.6 Å². The Hall–Kier alpha value is -1.60. The number of hydrogen-bond donors (Lipinski definition) is 1. The quantitative estimate of drug-likeness (QED) is 0.882. The standard InChI is InChI=1S/C12H12ClFN4OS/c1-7(20-12-17-15-6-18(12)2)11(19)16-10-4-3-8(13)5-9(10)14/h3-7H,1-2H3,(H,16,19)/t7-/m1/s1. The van der Waals surface area contributed by atoms with Gasteiger partial charge in [-0.2, -0.15) is 0 Å². The molecule has 0 spiro atoms. The molecule has 0 fully saturated rings. The molecular weight excluding hydrogens is 303 g/mol. The molecule has 5 nitrogen and oxygen atoms in total. The minimum absolute atomic E-state index is 0.102. The summed E-state index contributed by atoms with van der Waals surface area (Å²) < 4.78 is 15.3. The lowest BCUT2D eigenvalue weighted by Crippen LogP contribution is -2.23. The number of carbonyl (C=O) groups is 1. The Kier molecular flexibility index (Phi) is 4.61. The molecule has 0 aliphatic heterocycles. The predicted molar refractivity (Wildman–Crippen MR) is 76.4 cm³/mol. The number of hydrogen-bond acceptors (Lipinski definition) is 4. The molecular formula is C12H12ClFN4OS. The van der Waals surface area contributed by atoms with Gasteiger partial charge in [-0.1, -0.05) is 23.4 Å². The number of benzene rings is 1. The average molecular weight is 315 g/mol. The molecule has 0 unspecified atom stereocenters. The van der Waals surface area contributed by atoms with Crippen LogP contribution in [-0.2, 0) is 11.8 Å². The average Bonchev–Trinajstić information content (AvgIpc) is 2.78. The Morgan fingerprint density at radius 2 is 2.30 bits per heavy atom. The van der Waals surface area contributed by atoms with Crippen LogP contribution in [0.4, 0.5) is 10.1 Å². The van der Waals surface area contributed by atoms with Crippen LogP contribution in [0.3, 0.4) is 0 Å². The number of thioether (sulfide) groups is 1. The SMILES string of the molecule is C[C@@H](Sc1nncn1C)C(=O)Nc1ccc(Cl)cc1F.